The third-order valence-electron chi connectivity index (χ3n) is 4.59. The average Bonchev–Trinajstić information content (AvgIpc) is 2.87. The summed E-state index contributed by atoms with van der Waals surface area (Å²) in [5.74, 6) is 0.889. The largest absolute Gasteiger partial charge is 0.379 e. The van der Waals surface area contributed by atoms with Crippen molar-refractivity contribution in [2.75, 3.05) is 56.3 Å². The highest BCUT2D eigenvalue weighted by Gasteiger charge is 2.27. The summed E-state index contributed by atoms with van der Waals surface area (Å²) in [5.41, 5.74) is 8.24. The number of rotatable bonds is 5. The van der Waals surface area contributed by atoms with Crippen LogP contribution in [-0.2, 0) is 9.53 Å². The summed E-state index contributed by atoms with van der Waals surface area (Å²) in [7, 11) is 3.70. The van der Waals surface area contributed by atoms with Crippen LogP contribution in [0.2, 0.25) is 5.02 Å². The first-order valence-corrected chi connectivity index (χ1v) is 9.91. The lowest BCUT2D eigenvalue weighted by Crippen LogP contribution is -2.32. The number of amides is 1. The molecule has 1 aliphatic heterocycles. The number of nitrogen functional groups attached to an aromatic ring is 1. The van der Waals surface area contributed by atoms with Crippen LogP contribution in [-0.4, -0.2) is 61.2 Å². The van der Waals surface area contributed by atoms with Gasteiger partial charge in [0, 0.05) is 35.6 Å². The van der Waals surface area contributed by atoms with Crippen molar-refractivity contribution in [3.63, 3.8) is 0 Å². The maximum atomic E-state index is 12.2. The van der Waals surface area contributed by atoms with Crippen molar-refractivity contribution < 1.29 is 9.53 Å². The monoisotopic (exact) mass is 418 g/mol. The number of hydrogen-bond donors (Lipinski definition) is 2. The number of hydrogen-bond acceptors (Lipinski definition) is 7. The number of nitrogens with one attached hydrogen (secondary N) is 1. The number of carbonyl (C=O) groups is 1. The van der Waals surface area contributed by atoms with E-state index in [1.807, 2.05) is 38.1 Å². The third-order valence-corrected chi connectivity index (χ3v) is 4.93. The minimum atomic E-state index is -0.163. The Morgan fingerprint density at radius 1 is 1.38 bits per heavy atom. The minimum absolute atomic E-state index is 0.0866. The SMILES string of the molecule is Cc1cc(N2CCCOC[C@H]2c2cc(NC(=O)CN(C)C)ccc2Cl)nc(N)n1. The summed E-state index contributed by atoms with van der Waals surface area (Å²) in [6.45, 7) is 4.05. The first-order valence-electron chi connectivity index (χ1n) is 9.53. The molecule has 1 amide bonds. The number of aromatic nitrogens is 2. The topological polar surface area (TPSA) is 96.6 Å². The van der Waals surface area contributed by atoms with E-state index in [1.165, 1.54) is 0 Å². The Kier molecular flexibility index (Phi) is 6.89. The number of aryl methyl sites for hydroxylation is 1. The van der Waals surface area contributed by atoms with E-state index in [4.69, 9.17) is 22.1 Å². The van der Waals surface area contributed by atoms with E-state index < -0.39 is 0 Å². The Morgan fingerprint density at radius 2 is 2.17 bits per heavy atom. The van der Waals surface area contributed by atoms with Crippen LogP contribution in [0.15, 0.2) is 24.3 Å². The number of benzene rings is 1. The van der Waals surface area contributed by atoms with Crippen molar-refractivity contribution in [2.45, 2.75) is 19.4 Å². The second-order valence-electron chi connectivity index (χ2n) is 7.39. The molecule has 0 saturated carbocycles. The van der Waals surface area contributed by atoms with Crippen LogP contribution >= 0.6 is 11.6 Å². The van der Waals surface area contributed by atoms with Gasteiger partial charge in [0.15, 0.2) is 0 Å². The fraction of sp³-hybridized carbons (Fsp3) is 0.450. The summed E-state index contributed by atoms with van der Waals surface area (Å²) in [6, 6.07) is 7.24. The van der Waals surface area contributed by atoms with E-state index in [-0.39, 0.29) is 17.9 Å². The molecule has 3 N–H and O–H groups in total. The van der Waals surface area contributed by atoms with Crippen LogP contribution in [0, 0.1) is 6.92 Å². The predicted octanol–water partition coefficient (Wildman–Crippen LogP) is 2.49. The molecule has 156 valence electrons. The molecule has 1 aliphatic rings. The highest BCUT2D eigenvalue weighted by molar-refractivity contribution is 6.31. The molecule has 2 aromatic rings. The van der Waals surface area contributed by atoms with Crippen molar-refractivity contribution in [3.8, 4) is 0 Å². The fourth-order valence-electron chi connectivity index (χ4n) is 3.40. The molecule has 1 saturated heterocycles. The molecular formula is C20H27ClN6O2. The minimum Gasteiger partial charge on any atom is -0.379 e. The number of nitrogens with two attached hydrogens (primary N) is 1. The molecule has 29 heavy (non-hydrogen) atoms. The Hall–Kier alpha value is -2.42. The van der Waals surface area contributed by atoms with Crippen LogP contribution < -0.4 is 16.0 Å². The molecule has 1 fully saturated rings. The summed E-state index contributed by atoms with van der Waals surface area (Å²) in [4.78, 5) is 24.7. The number of ether oxygens (including phenoxy) is 1. The van der Waals surface area contributed by atoms with Gasteiger partial charge in [-0.05, 0) is 51.2 Å². The quantitative estimate of drug-likeness (QED) is 0.769. The van der Waals surface area contributed by atoms with Gasteiger partial charge in [0.05, 0.1) is 19.2 Å². The van der Waals surface area contributed by atoms with Crippen LogP contribution in [0.1, 0.15) is 23.7 Å². The highest BCUT2D eigenvalue weighted by atomic mass is 35.5. The third kappa shape index (κ3) is 5.56. The first kappa shape index (κ1) is 21.3. The lowest BCUT2D eigenvalue weighted by Gasteiger charge is -2.31. The van der Waals surface area contributed by atoms with Crippen LogP contribution in [0.25, 0.3) is 0 Å². The number of likely N-dealkylation sites (N-methyl/N-ethyl adjacent to an activating group) is 1. The maximum Gasteiger partial charge on any atom is 0.238 e. The molecule has 1 aromatic heterocycles. The molecule has 8 nitrogen and oxygen atoms in total. The van der Waals surface area contributed by atoms with Crippen LogP contribution in [0.3, 0.4) is 0 Å². The van der Waals surface area contributed by atoms with E-state index in [9.17, 15) is 4.79 Å². The van der Waals surface area contributed by atoms with Gasteiger partial charge >= 0.3 is 0 Å². The van der Waals surface area contributed by atoms with Gasteiger partial charge < -0.3 is 25.6 Å². The number of anilines is 3. The fourth-order valence-corrected chi connectivity index (χ4v) is 3.64. The van der Waals surface area contributed by atoms with Crippen molar-refractivity contribution in [2.24, 2.45) is 0 Å². The van der Waals surface area contributed by atoms with Gasteiger partial charge in [-0.25, -0.2) is 4.98 Å². The van der Waals surface area contributed by atoms with Crippen molar-refractivity contribution in [1.29, 1.82) is 0 Å². The maximum absolute atomic E-state index is 12.2. The smallest absolute Gasteiger partial charge is 0.238 e. The van der Waals surface area contributed by atoms with Gasteiger partial charge in [0.2, 0.25) is 11.9 Å². The second kappa shape index (κ2) is 9.39. The predicted molar refractivity (Wildman–Crippen MR) is 115 cm³/mol. The molecule has 2 heterocycles. The van der Waals surface area contributed by atoms with Crippen LogP contribution in [0.4, 0.5) is 17.5 Å². The molecule has 0 unspecified atom stereocenters. The molecule has 1 aromatic carbocycles. The zero-order valence-corrected chi connectivity index (χ0v) is 17.7. The Bertz CT molecular complexity index is 856. The summed E-state index contributed by atoms with van der Waals surface area (Å²) in [5, 5.41) is 3.53. The molecule has 0 radical (unpaired) electrons. The van der Waals surface area contributed by atoms with Crippen molar-refractivity contribution in [1.82, 2.24) is 14.9 Å². The highest BCUT2D eigenvalue weighted by Crippen LogP contribution is 2.34. The molecular weight excluding hydrogens is 392 g/mol. The second-order valence-corrected chi connectivity index (χ2v) is 7.79. The van der Waals surface area contributed by atoms with E-state index >= 15 is 0 Å². The van der Waals surface area contributed by atoms with Gasteiger partial charge in [0.1, 0.15) is 5.82 Å². The summed E-state index contributed by atoms with van der Waals surface area (Å²) >= 11 is 6.56. The summed E-state index contributed by atoms with van der Waals surface area (Å²) < 4.78 is 5.83. The van der Waals surface area contributed by atoms with E-state index in [0.29, 0.717) is 30.5 Å². The lowest BCUT2D eigenvalue weighted by atomic mass is 10.0. The Labute approximate surface area is 176 Å². The first-order chi connectivity index (χ1) is 13.8. The molecule has 3 rings (SSSR count). The van der Waals surface area contributed by atoms with Gasteiger partial charge in [-0.15, -0.1) is 0 Å². The Morgan fingerprint density at radius 3 is 2.90 bits per heavy atom. The molecule has 0 bridgehead atoms. The van der Waals surface area contributed by atoms with Gasteiger partial charge in [0.25, 0.3) is 0 Å². The number of halogens is 1. The van der Waals surface area contributed by atoms with Gasteiger partial charge in [-0.2, -0.15) is 4.98 Å². The van der Waals surface area contributed by atoms with Crippen molar-refractivity contribution in [3.05, 3.63) is 40.5 Å². The van der Waals surface area contributed by atoms with Gasteiger partial charge in [-0.1, -0.05) is 11.6 Å². The number of nitrogens with zero attached hydrogens (tertiary/aromatic N) is 4. The normalized spacial score (nSPS) is 17.3. The van der Waals surface area contributed by atoms with E-state index in [0.717, 1.165) is 30.0 Å². The zero-order valence-electron chi connectivity index (χ0n) is 17.0. The lowest BCUT2D eigenvalue weighted by molar-refractivity contribution is -0.116. The molecule has 1 atom stereocenters. The van der Waals surface area contributed by atoms with E-state index in [1.54, 1.807) is 12.1 Å². The zero-order chi connectivity index (χ0) is 21.0. The van der Waals surface area contributed by atoms with Gasteiger partial charge in [-0.3, -0.25) is 4.79 Å². The van der Waals surface area contributed by atoms with Crippen molar-refractivity contribution >= 4 is 35.0 Å². The molecule has 9 heteroatoms. The average molecular weight is 419 g/mol. The molecule has 0 aliphatic carbocycles. The van der Waals surface area contributed by atoms with E-state index in [2.05, 4.69) is 20.2 Å². The molecule has 0 spiro atoms. The standard InChI is InChI=1S/C20H27ClN6O2/c1-13-9-18(25-20(22)23-13)27-7-4-8-29-12-17(27)15-10-14(5-6-16(15)21)24-19(28)11-26(2)3/h5-6,9-10,17H,4,7-8,11-12H2,1-3H3,(H,24,28)(H2,22,23,25)/t17-/m0/s1. The Balaban J connectivity index is 1.94. The summed E-state index contributed by atoms with van der Waals surface area (Å²) in [6.07, 6.45) is 0.857. The van der Waals surface area contributed by atoms with Crippen LogP contribution in [0.5, 0.6) is 0 Å². The number of carbonyl (C=O) groups excluding carboxylic acids is 1.